The van der Waals surface area contributed by atoms with Crippen molar-refractivity contribution < 1.29 is 4.52 Å². The van der Waals surface area contributed by atoms with Gasteiger partial charge in [-0.1, -0.05) is 35.5 Å². The van der Waals surface area contributed by atoms with E-state index in [4.69, 9.17) is 4.52 Å². The second-order valence-electron chi connectivity index (χ2n) is 7.31. The molecule has 6 heteroatoms. The lowest BCUT2D eigenvalue weighted by atomic mass is 9.98. The van der Waals surface area contributed by atoms with E-state index in [1.807, 2.05) is 48.7 Å². The molecule has 1 atom stereocenters. The fraction of sp³-hybridized carbons (Fsp3) is 0.217. The monoisotopic (exact) mass is 383 g/mol. The van der Waals surface area contributed by atoms with E-state index in [2.05, 4.69) is 37.1 Å². The van der Waals surface area contributed by atoms with Crippen LogP contribution in [-0.2, 0) is 6.54 Å². The molecule has 0 bridgehead atoms. The van der Waals surface area contributed by atoms with Crippen molar-refractivity contribution in [3.8, 4) is 22.6 Å². The third-order valence-corrected chi connectivity index (χ3v) is 5.36. The first-order valence-electron chi connectivity index (χ1n) is 9.82. The van der Waals surface area contributed by atoms with E-state index >= 15 is 0 Å². The minimum absolute atomic E-state index is 0.482. The first kappa shape index (κ1) is 17.7. The summed E-state index contributed by atoms with van der Waals surface area (Å²) < 4.78 is 5.48. The van der Waals surface area contributed by atoms with Crippen molar-refractivity contribution in [2.45, 2.75) is 18.9 Å². The van der Waals surface area contributed by atoms with Gasteiger partial charge in [-0.15, -0.1) is 0 Å². The highest BCUT2D eigenvalue weighted by molar-refractivity contribution is 5.59. The SMILES string of the molecule is c1ccc(-c2noc(CN3CCC(c4ccnc(-c5ccncc5)c4)C3)n2)cc1. The predicted octanol–water partition coefficient (Wildman–Crippen LogP) is 4.18. The van der Waals surface area contributed by atoms with Crippen LogP contribution in [0.25, 0.3) is 22.6 Å². The fourth-order valence-electron chi connectivity index (χ4n) is 3.84. The topological polar surface area (TPSA) is 67.9 Å². The first-order chi connectivity index (χ1) is 14.3. The summed E-state index contributed by atoms with van der Waals surface area (Å²) in [5.41, 5.74) is 4.38. The number of benzene rings is 1. The number of hydrogen-bond donors (Lipinski definition) is 0. The molecule has 1 unspecified atom stereocenters. The molecule has 1 aliphatic heterocycles. The van der Waals surface area contributed by atoms with Crippen LogP contribution >= 0.6 is 0 Å². The highest BCUT2D eigenvalue weighted by Gasteiger charge is 2.25. The number of pyridine rings is 2. The van der Waals surface area contributed by atoms with Crippen molar-refractivity contribution in [2.24, 2.45) is 0 Å². The quantitative estimate of drug-likeness (QED) is 0.515. The van der Waals surface area contributed by atoms with E-state index in [0.29, 0.717) is 24.2 Å². The number of aromatic nitrogens is 4. The highest BCUT2D eigenvalue weighted by atomic mass is 16.5. The minimum atomic E-state index is 0.482. The first-order valence-corrected chi connectivity index (χ1v) is 9.82. The van der Waals surface area contributed by atoms with E-state index in [1.165, 1.54) is 5.56 Å². The van der Waals surface area contributed by atoms with Gasteiger partial charge in [-0.05, 0) is 48.7 Å². The van der Waals surface area contributed by atoms with Crippen molar-refractivity contribution >= 4 is 0 Å². The summed E-state index contributed by atoms with van der Waals surface area (Å²) in [6.07, 6.45) is 6.61. The summed E-state index contributed by atoms with van der Waals surface area (Å²) in [7, 11) is 0. The van der Waals surface area contributed by atoms with Crippen molar-refractivity contribution in [3.05, 3.63) is 84.6 Å². The summed E-state index contributed by atoms with van der Waals surface area (Å²) in [6, 6.07) is 18.2. The zero-order valence-corrected chi connectivity index (χ0v) is 16.0. The average Bonchev–Trinajstić information content (AvgIpc) is 3.45. The molecule has 144 valence electrons. The average molecular weight is 383 g/mol. The van der Waals surface area contributed by atoms with Crippen LogP contribution in [0.3, 0.4) is 0 Å². The lowest BCUT2D eigenvalue weighted by molar-refractivity contribution is 0.265. The van der Waals surface area contributed by atoms with Crippen LogP contribution in [-0.4, -0.2) is 38.1 Å². The zero-order valence-electron chi connectivity index (χ0n) is 16.0. The molecule has 1 aromatic carbocycles. The molecule has 0 amide bonds. The molecule has 1 aliphatic rings. The third-order valence-electron chi connectivity index (χ3n) is 5.36. The normalized spacial score (nSPS) is 16.9. The highest BCUT2D eigenvalue weighted by Crippen LogP contribution is 2.30. The maximum Gasteiger partial charge on any atom is 0.241 e. The van der Waals surface area contributed by atoms with Gasteiger partial charge >= 0.3 is 0 Å². The van der Waals surface area contributed by atoms with E-state index in [1.54, 1.807) is 12.4 Å². The summed E-state index contributed by atoms with van der Waals surface area (Å²) in [6.45, 7) is 2.67. The maximum atomic E-state index is 5.48. The Labute approximate surface area is 169 Å². The van der Waals surface area contributed by atoms with Crippen LogP contribution < -0.4 is 0 Å². The molecular formula is C23H21N5O. The Kier molecular flexibility index (Phi) is 4.84. The van der Waals surface area contributed by atoms with Crippen molar-refractivity contribution in [2.75, 3.05) is 13.1 Å². The van der Waals surface area contributed by atoms with E-state index in [-0.39, 0.29) is 0 Å². The zero-order chi connectivity index (χ0) is 19.5. The van der Waals surface area contributed by atoms with Crippen molar-refractivity contribution in [1.82, 2.24) is 25.0 Å². The largest absolute Gasteiger partial charge is 0.338 e. The predicted molar refractivity (Wildman–Crippen MR) is 110 cm³/mol. The summed E-state index contributed by atoms with van der Waals surface area (Å²) in [5, 5.41) is 4.12. The Balaban J connectivity index is 1.26. The molecular weight excluding hydrogens is 362 g/mol. The van der Waals surface area contributed by atoms with Crippen LogP contribution in [0.1, 0.15) is 23.8 Å². The summed E-state index contributed by atoms with van der Waals surface area (Å²) in [4.78, 5) is 15.5. The second kappa shape index (κ2) is 7.93. The van der Waals surface area contributed by atoms with Gasteiger partial charge in [-0.3, -0.25) is 14.9 Å². The van der Waals surface area contributed by atoms with Gasteiger partial charge < -0.3 is 4.52 Å². The van der Waals surface area contributed by atoms with Crippen molar-refractivity contribution in [1.29, 1.82) is 0 Å². The molecule has 0 radical (unpaired) electrons. The Morgan fingerprint density at radius 3 is 2.69 bits per heavy atom. The van der Waals surface area contributed by atoms with E-state index in [0.717, 1.165) is 36.3 Å². The molecule has 1 saturated heterocycles. The van der Waals surface area contributed by atoms with Gasteiger partial charge in [0.05, 0.1) is 12.2 Å². The second-order valence-corrected chi connectivity index (χ2v) is 7.31. The van der Waals surface area contributed by atoms with Gasteiger partial charge in [0, 0.05) is 36.3 Å². The molecule has 6 nitrogen and oxygen atoms in total. The molecule has 1 fully saturated rings. The van der Waals surface area contributed by atoms with Gasteiger partial charge in [0.15, 0.2) is 0 Å². The van der Waals surface area contributed by atoms with Crippen LogP contribution in [0, 0.1) is 0 Å². The van der Waals surface area contributed by atoms with Gasteiger partial charge in [-0.25, -0.2) is 0 Å². The number of rotatable bonds is 5. The van der Waals surface area contributed by atoms with Gasteiger partial charge in [0.25, 0.3) is 0 Å². The van der Waals surface area contributed by atoms with E-state index < -0.39 is 0 Å². The molecule has 4 aromatic rings. The van der Waals surface area contributed by atoms with Gasteiger partial charge in [0.1, 0.15) is 0 Å². The molecule has 29 heavy (non-hydrogen) atoms. The molecule has 0 saturated carbocycles. The van der Waals surface area contributed by atoms with Crippen molar-refractivity contribution in [3.63, 3.8) is 0 Å². The number of hydrogen-bond acceptors (Lipinski definition) is 6. The summed E-state index contributed by atoms with van der Waals surface area (Å²) in [5.74, 6) is 1.79. The maximum absolute atomic E-state index is 5.48. The molecule has 0 spiro atoms. The molecule has 0 N–H and O–H groups in total. The van der Waals surface area contributed by atoms with E-state index in [9.17, 15) is 0 Å². The smallest absolute Gasteiger partial charge is 0.241 e. The standard InChI is InChI=1S/C23H21N5O/c1-2-4-18(5-3-1)23-26-22(29-27-23)16-28-13-9-20(15-28)19-8-12-25-21(14-19)17-6-10-24-11-7-17/h1-8,10-12,14,20H,9,13,15-16H2. The van der Waals surface area contributed by atoms with Gasteiger partial charge in [-0.2, -0.15) is 4.98 Å². The van der Waals surface area contributed by atoms with Crippen LogP contribution in [0.4, 0.5) is 0 Å². The fourth-order valence-corrected chi connectivity index (χ4v) is 3.84. The number of nitrogens with zero attached hydrogens (tertiary/aromatic N) is 5. The molecule has 0 aliphatic carbocycles. The molecule has 3 aromatic heterocycles. The molecule has 4 heterocycles. The molecule has 5 rings (SSSR count). The Hall–Kier alpha value is -3.38. The Morgan fingerprint density at radius 1 is 0.966 bits per heavy atom. The Morgan fingerprint density at radius 2 is 1.83 bits per heavy atom. The van der Waals surface area contributed by atoms with Crippen LogP contribution in [0.2, 0.25) is 0 Å². The third kappa shape index (κ3) is 3.93. The van der Waals surface area contributed by atoms with Crippen LogP contribution in [0.15, 0.2) is 77.7 Å². The minimum Gasteiger partial charge on any atom is -0.338 e. The van der Waals surface area contributed by atoms with Crippen LogP contribution in [0.5, 0.6) is 0 Å². The Bertz CT molecular complexity index is 1080. The lowest BCUT2D eigenvalue weighted by Crippen LogP contribution is -2.20. The summed E-state index contributed by atoms with van der Waals surface area (Å²) >= 11 is 0. The van der Waals surface area contributed by atoms with Gasteiger partial charge in [0.2, 0.25) is 11.7 Å². The number of likely N-dealkylation sites (tertiary alicyclic amines) is 1. The lowest BCUT2D eigenvalue weighted by Gasteiger charge is -2.14.